The van der Waals surface area contributed by atoms with Gasteiger partial charge in [0.25, 0.3) is 0 Å². The lowest BCUT2D eigenvalue weighted by Gasteiger charge is -2.36. The molecule has 3 atom stereocenters. The van der Waals surface area contributed by atoms with Gasteiger partial charge in [0.15, 0.2) is 0 Å². The maximum atomic E-state index is 10.7. The van der Waals surface area contributed by atoms with E-state index in [9.17, 15) is 5.11 Å². The van der Waals surface area contributed by atoms with E-state index in [2.05, 4.69) is 10.3 Å². The number of aliphatic hydroxyl groups excluding tert-OH is 1. The number of methoxy groups -OCH3 is 1. The molecule has 186 valence electrons. The molecule has 2 heterocycles. The van der Waals surface area contributed by atoms with E-state index in [0.717, 1.165) is 34.7 Å². The number of aliphatic hydroxyl groups is 1. The van der Waals surface area contributed by atoms with Gasteiger partial charge in [-0.15, -0.1) is 0 Å². The molecule has 1 fully saturated rings. The zero-order valence-electron chi connectivity index (χ0n) is 20.1. The lowest BCUT2D eigenvalue weighted by molar-refractivity contribution is -0.0338. The minimum Gasteiger partial charge on any atom is -0.496 e. The molecule has 35 heavy (non-hydrogen) atoms. The normalized spacial score (nSPS) is 19.9. The van der Waals surface area contributed by atoms with Gasteiger partial charge < -0.3 is 29.4 Å². The van der Waals surface area contributed by atoms with E-state index in [4.69, 9.17) is 18.9 Å². The van der Waals surface area contributed by atoms with E-state index in [1.165, 1.54) is 0 Å². The van der Waals surface area contributed by atoms with Gasteiger partial charge in [0.2, 0.25) is 0 Å². The fraction of sp³-hybridized carbons (Fsp3) is 0.393. The Morgan fingerprint density at radius 2 is 1.77 bits per heavy atom. The highest BCUT2D eigenvalue weighted by molar-refractivity contribution is 5.33. The third-order valence-corrected chi connectivity index (χ3v) is 6.10. The third-order valence-electron chi connectivity index (χ3n) is 6.10. The van der Waals surface area contributed by atoms with Gasteiger partial charge in [0, 0.05) is 37.2 Å². The molecular weight excluding hydrogens is 444 g/mol. The number of hydrogen-bond donors (Lipinski definition) is 2. The molecule has 1 aromatic heterocycles. The fourth-order valence-electron chi connectivity index (χ4n) is 4.29. The van der Waals surface area contributed by atoms with E-state index in [-0.39, 0.29) is 12.0 Å². The largest absolute Gasteiger partial charge is 0.496 e. The molecular formula is C28H34N2O5. The Labute approximate surface area is 207 Å². The first-order chi connectivity index (χ1) is 17.2. The van der Waals surface area contributed by atoms with Crippen molar-refractivity contribution in [3.05, 3.63) is 89.7 Å². The number of nitrogens with zero attached hydrogens (tertiary/aromatic N) is 1. The van der Waals surface area contributed by atoms with Crippen molar-refractivity contribution in [3.8, 4) is 11.5 Å². The van der Waals surface area contributed by atoms with Crippen LogP contribution < -0.4 is 14.8 Å². The highest BCUT2D eigenvalue weighted by Crippen LogP contribution is 2.30. The van der Waals surface area contributed by atoms with E-state index in [1.807, 2.05) is 66.7 Å². The number of benzene rings is 2. The molecule has 7 heteroatoms. The van der Waals surface area contributed by atoms with Crippen molar-refractivity contribution in [2.45, 2.75) is 37.8 Å². The first kappa shape index (κ1) is 25.1. The summed E-state index contributed by atoms with van der Waals surface area (Å²) in [6.07, 6.45) is 1.88. The smallest absolute Gasteiger partial charge is 0.124 e. The number of rotatable bonds is 12. The minimum atomic E-state index is -0.523. The Bertz CT molecular complexity index is 1020. The van der Waals surface area contributed by atoms with Crippen LogP contribution in [0.25, 0.3) is 0 Å². The van der Waals surface area contributed by atoms with Gasteiger partial charge in [0.1, 0.15) is 11.5 Å². The lowest BCUT2D eigenvalue weighted by atomic mass is 9.85. The van der Waals surface area contributed by atoms with Crippen molar-refractivity contribution in [1.29, 1.82) is 0 Å². The van der Waals surface area contributed by atoms with Crippen molar-refractivity contribution in [2.24, 2.45) is 0 Å². The highest BCUT2D eigenvalue weighted by Gasteiger charge is 2.34. The number of para-hydroxylation sites is 1. The molecule has 0 bridgehead atoms. The first-order valence-corrected chi connectivity index (χ1v) is 12.1. The average Bonchev–Trinajstić information content (AvgIpc) is 2.91. The summed E-state index contributed by atoms with van der Waals surface area (Å²) in [5.74, 6) is 1.53. The van der Waals surface area contributed by atoms with Crippen LogP contribution in [0.3, 0.4) is 0 Å². The van der Waals surface area contributed by atoms with Crippen LogP contribution in [0.4, 0.5) is 0 Å². The molecule has 4 rings (SSSR count). The molecule has 0 spiro atoms. The number of piperidine rings is 1. The van der Waals surface area contributed by atoms with Crippen molar-refractivity contribution < 1.29 is 24.1 Å². The second-order valence-electron chi connectivity index (χ2n) is 8.56. The highest BCUT2D eigenvalue weighted by atomic mass is 16.5. The van der Waals surface area contributed by atoms with Crippen LogP contribution in [-0.4, -0.2) is 55.7 Å². The Kier molecular flexibility index (Phi) is 9.48. The van der Waals surface area contributed by atoms with Crippen LogP contribution in [0.15, 0.2) is 72.9 Å². The zero-order chi connectivity index (χ0) is 24.3. The number of β-amino-alcohol motifs (C(OH)–C–C–N with tert-alkyl or cyclic N) is 1. The second-order valence-corrected chi connectivity index (χ2v) is 8.56. The van der Waals surface area contributed by atoms with E-state index >= 15 is 0 Å². The molecule has 7 nitrogen and oxygen atoms in total. The number of nitrogens with one attached hydrogen (secondary N) is 1. The molecule has 1 aliphatic heterocycles. The summed E-state index contributed by atoms with van der Waals surface area (Å²) >= 11 is 0. The zero-order valence-corrected chi connectivity index (χ0v) is 20.1. The fourth-order valence-corrected chi connectivity index (χ4v) is 4.29. The van der Waals surface area contributed by atoms with E-state index in [0.29, 0.717) is 39.5 Å². The SMILES string of the molecule is COc1ccccc1COCCCOc1ccc(C2C(O)CNCC2OCc2ccccn2)cc1. The van der Waals surface area contributed by atoms with Crippen LogP contribution in [0.5, 0.6) is 11.5 Å². The quantitative estimate of drug-likeness (QED) is 0.384. The molecule has 3 aromatic rings. The van der Waals surface area contributed by atoms with Crippen molar-refractivity contribution in [1.82, 2.24) is 10.3 Å². The summed E-state index contributed by atoms with van der Waals surface area (Å²) in [5, 5.41) is 13.9. The average molecular weight is 479 g/mol. The number of aromatic nitrogens is 1. The lowest BCUT2D eigenvalue weighted by Crippen LogP contribution is -2.49. The summed E-state index contributed by atoms with van der Waals surface area (Å²) in [7, 11) is 1.67. The second kappa shape index (κ2) is 13.2. The monoisotopic (exact) mass is 478 g/mol. The summed E-state index contributed by atoms with van der Waals surface area (Å²) in [4.78, 5) is 4.32. The summed E-state index contributed by atoms with van der Waals surface area (Å²) in [5.41, 5.74) is 2.95. The summed E-state index contributed by atoms with van der Waals surface area (Å²) in [6.45, 7) is 3.32. The van der Waals surface area contributed by atoms with Crippen LogP contribution >= 0.6 is 0 Å². The first-order valence-electron chi connectivity index (χ1n) is 12.1. The number of ether oxygens (including phenoxy) is 4. The standard InChI is InChI=1S/C28H34N2O5/c1-32-26-9-3-2-7-22(26)19-33-15-6-16-34-24-12-10-21(11-13-24)28-25(31)17-29-18-27(28)35-20-23-8-4-5-14-30-23/h2-5,7-14,25,27-29,31H,6,15-20H2,1H3. The predicted octanol–water partition coefficient (Wildman–Crippen LogP) is 3.71. The maximum Gasteiger partial charge on any atom is 0.124 e. The molecule has 0 radical (unpaired) electrons. The Hall–Kier alpha value is -2.97. The molecule has 0 saturated carbocycles. The number of hydrogen-bond acceptors (Lipinski definition) is 7. The van der Waals surface area contributed by atoms with Crippen molar-refractivity contribution >= 4 is 0 Å². The molecule has 0 aliphatic carbocycles. The van der Waals surface area contributed by atoms with Gasteiger partial charge in [-0.3, -0.25) is 4.98 Å². The van der Waals surface area contributed by atoms with Gasteiger partial charge in [-0.2, -0.15) is 0 Å². The van der Waals surface area contributed by atoms with Crippen LogP contribution in [0.2, 0.25) is 0 Å². The topological polar surface area (TPSA) is 82.1 Å². The maximum absolute atomic E-state index is 10.7. The molecule has 3 unspecified atom stereocenters. The van der Waals surface area contributed by atoms with Gasteiger partial charge >= 0.3 is 0 Å². The summed E-state index contributed by atoms with van der Waals surface area (Å²) in [6, 6.07) is 21.6. The predicted molar refractivity (Wildman–Crippen MR) is 134 cm³/mol. The van der Waals surface area contributed by atoms with E-state index < -0.39 is 6.10 Å². The Morgan fingerprint density at radius 1 is 0.943 bits per heavy atom. The van der Waals surface area contributed by atoms with Gasteiger partial charge in [-0.05, 0) is 35.9 Å². The molecule has 1 aliphatic rings. The van der Waals surface area contributed by atoms with Crippen LogP contribution in [0.1, 0.15) is 29.2 Å². The Balaban J connectivity index is 1.23. The number of pyridine rings is 1. The van der Waals surface area contributed by atoms with Gasteiger partial charge in [0.05, 0.1) is 51.4 Å². The van der Waals surface area contributed by atoms with Crippen molar-refractivity contribution in [3.63, 3.8) is 0 Å². The van der Waals surface area contributed by atoms with Crippen molar-refractivity contribution in [2.75, 3.05) is 33.4 Å². The molecule has 1 saturated heterocycles. The molecule has 2 N–H and O–H groups in total. The molecule has 2 aromatic carbocycles. The Morgan fingerprint density at radius 3 is 2.57 bits per heavy atom. The van der Waals surface area contributed by atoms with Crippen LogP contribution in [-0.2, 0) is 22.7 Å². The molecule has 0 amide bonds. The summed E-state index contributed by atoms with van der Waals surface area (Å²) < 4.78 is 23.1. The van der Waals surface area contributed by atoms with E-state index in [1.54, 1.807) is 13.3 Å². The third kappa shape index (κ3) is 7.26. The van der Waals surface area contributed by atoms with Gasteiger partial charge in [-0.1, -0.05) is 36.4 Å². The minimum absolute atomic E-state index is 0.114. The van der Waals surface area contributed by atoms with Gasteiger partial charge in [-0.25, -0.2) is 0 Å². The van der Waals surface area contributed by atoms with Crippen LogP contribution in [0, 0.1) is 0 Å².